The molecule has 0 aliphatic rings. The van der Waals surface area contributed by atoms with Crippen molar-refractivity contribution in [3.63, 3.8) is 0 Å². The monoisotopic (exact) mass is 369 g/mol. The van der Waals surface area contributed by atoms with E-state index in [0.29, 0.717) is 11.4 Å². The second-order valence-electron chi connectivity index (χ2n) is 6.32. The van der Waals surface area contributed by atoms with Crippen LogP contribution in [0.1, 0.15) is 5.56 Å². The van der Waals surface area contributed by atoms with E-state index in [1.165, 1.54) is 0 Å². The van der Waals surface area contributed by atoms with Gasteiger partial charge in [-0.1, -0.05) is 54.6 Å². The van der Waals surface area contributed by atoms with Gasteiger partial charge in [-0.3, -0.25) is 5.32 Å². The van der Waals surface area contributed by atoms with E-state index in [4.69, 9.17) is 9.47 Å². The Labute approximate surface area is 163 Å². The van der Waals surface area contributed by atoms with E-state index in [9.17, 15) is 4.79 Å². The topological polar surface area (TPSA) is 47.6 Å². The molecule has 1 amide bonds. The maximum Gasteiger partial charge on any atom is 0.411 e. The first kappa shape index (κ1) is 17.6. The fraction of sp³-hybridized carbons (Fsp3) is 0.0417. The molecule has 4 aromatic rings. The van der Waals surface area contributed by atoms with Crippen LogP contribution in [0.2, 0.25) is 0 Å². The summed E-state index contributed by atoms with van der Waals surface area (Å²) in [6, 6.07) is 30.8. The molecule has 0 atom stereocenters. The number of rotatable bonds is 5. The third-order valence-corrected chi connectivity index (χ3v) is 4.26. The Morgan fingerprint density at radius 1 is 0.714 bits per heavy atom. The highest BCUT2D eigenvalue weighted by atomic mass is 16.5. The minimum absolute atomic E-state index is 0.214. The van der Waals surface area contributed by atoms with Gasteiger partial charge in [0.2, 0.25) is 0 Å². The van der Waals surface area contributed by atoms with E-state index in [0.717, 1.165) is 22.1 Å². The van der Waals surface area contributed by atoms with Crippen molar-refractivity contribution in [1.82, 2.24) is 0 Å². The Balaban J connectivity index is 1.31. The normalized spacial score (nSPS) is 10.4. The van der Waals surface area contributed by atoms with Crippen molar-refractivity contribution in [2.45, 2.75) is 6.61 Å². The van der Waals surface area contributed by atoms with Gasteiger partial charge >= 0.3 is 6.09 Å². The van der Waals surface area contributed by atoms with Crippen molar-refractivity contribution in [2.75, 3.05) is 5.32 Å². The number of carbonyl (C=O) groups excluding carboxylic acids is 1. The molecular weight excluding hydrogens is 350 g/mol. The first-order valence-corrected chi connectivity index (χ1v) is 9.01. The molecule has 0 fully saturated rings. The molecule has 28 heavy (non-hydrogen) atoms. The van der Waals surface area contributed by atoms with Gasteiger partial charge in [-0.25, -0.2) is 4.79 Å². The molecule has 4 rings (SSSR count). The molecule has 0 bridgehead atoms. The molecule has 138 valence electrons. The van der Waals surface area contributed by atoms with Crippen LogP contribution in [-0.2, 0) is 11.3 Å². The van der Waals surface area contributed by atoms with Crippen LogP contribution in [0.4, 0.5) is 10.5 Å². The Morgan fingerprint density at radius 3 is 2.18 bits per heavy atom. The molecule has 1 N–H and O–H groups in total. The van der Waals surface area contributed by atoms with Crippen molar-refractivity contribution < 1.29 is 14.3 Å². The molecule has 0 aliphatic carbocycles. The molecule has 0 radical (unpaired) electrons. The minimum Gasteiger partial charge on any atom is -0.457 e. The van der Waals surface area contributed by atoms with Gasteiger partial charge in [0.15, 0.2) is 0 Å². The molecule has 4 nitrogen and oxygen atoms in total. The summed E-state index contributed by atoms with van der Waals surface area (Å²) in [4.78, 5) is 12.1. The van der Waals surface area contributed by atoms with Gasteiger partial charge < -0.3 is 9.47 Å². The van der Waals surface area contributed by atoms with Crippen LogP contribution in [0.25, 0.3) is 10.8 Å². The molecule has 0 spiro atoms. The maximum absolute atomic E-state index is 12.1. The molecule has 0 heterocycles. The number of fused-ring (bicyclic) bond motifs is 1. The summed E-state index contributed by atoms with van der Waals surface area (Å²) in [5.41, 5.74) is 1.59. The Kier molecular flexibility index (Phi) is 5.20. The fourth-order valence-electron chi connectivity index (χ4n) is 2.86. The van der Waals surface area contributed by atoms with E-state index in [2.05, 4.69) is 11.4 Å². The zero-order valence-electron chi connectivity index (χ0n) is 15.2. The number of ether oxygens (including phenoxy) is 2. The van der Waals surface area contributed by atoms with E-state index in [1.807, 2.05) is 66.7 Å². The molecule has 0 unspecified atom stereocenters. The highest BCUT2D eigenvalue weighted by Gasteiger charge is 2.05. The first-order chi connectivity index (χ1) is 13.8. The summed E-state index contributed by atoms with van der Waals surface area (Å²) in [7, 11) is 0. The summed E-state index contributed by atoms with van der Waals surface area (Å²) in [6.07, 6.45) is -0.495. The van der Waals surface area contributed by atoms with Crippen LogP contribution in [0.3, 0.4) is 0 Å². The second kappa shape index (κ2) is 8.27. The number of amides is 1. The summed E-state index contributed by atoms with van der Waals surface area (Å²) >= 11 is 0. The van der Waals surface area contributed by atoms with Gasteiger partial charge in [0.25, 0.3) is 0 Å². The Morgan fingerprint density at radius 2 is 1.39 bits per heavy atom. The number of hydrogen-bond donors (Lipinski definition) is 1. The average molecular weight is 369 g/mol. The van der Waals surface area contributed by atoms with Crippen molar-refractivity contribution in [3.05, 3.63) is 103 Å². The number of carbonyl (C=O) groups is 1. The van der Waals surface area contributed by atoms with Gasteiger partial charge in [-0.05, 0) is 58.8 Å². The zero-order valence-corrected chi connectivity index (χ0v) is 15.2. The number of hydrogen-bond acceptors (Lipinski definition) is 3. The highest BCUT2D eigenvalue weighted by molar-refractivity contribution is 5.85. The van der Waals surface area contributed by atoms with Crippen molar-refractivity contribution in [3.8, 4) is 11.5 Å². The number of anilines is 1. The van der Waals surface area contributed by atoms with Crippen LogP contribution < -0.4 is 10.1 Å². The van der Waals surface area contributed by atoms with Gasteiger partial charge in [0.05, 0.1) is 0 Å². The second-order valence-corrected chi connectivity index (χ2v) is 6.32. The standard InChI is InChI=1S/C24H19NO3/c26-24(27-17-18-10-11-19-6-4-5-7-20(19)16-18)25-21-12-14-23(15-13-21)28-22-8-2-1-3-9-22/h1-16H,17H2,(H,25,26). The van der Waals surface area contributed by atoms with Crippen molar-refractivity contribution in [1.29, 1.82) is 0 Å². The third-order valence-electron chi connectivity index (χ3n) is 4.26. The Hall–Kier alpha value is -3.79. The summed E-state index contributed by atoms with van der Waals surface area (Å²) in [5, 5.41) is 5.01. The third kappa shape index (κ3) is 4.48. The molecule has 4 heteroatoms. The lowest BCUT2D eigenvalue weighted by Crippen LogP contribution is -2.13. The van der Waals surface area contributed by atoms with Gasteiger partial charge in [0.1, 0.15) is 18.1 Å². The van der Waals surface area contributed by atoms with Crippen LogP contribution in [-0.4, -0.2) is 6.09 Å². The number of para-hydroxylation sites is 1. The molecule has 0 saturated carbocycles. The molecular formula is C24H19NO3. The lowest BCUT2D eigenvalue weighted by molar-refractivity contribution is 0.155. The van der Waals surface area contributed by atoms with Gasteiger partial charge in [-0.2, -0.15) is 0 Å². The quantitative estimate of drug-likeness (QED) is 0.444. The van der Waals surface area contributed by atoms with Crippen LogP contribution in [0.5, 0.6) is 11.5 Å². The highest BCUT2D eigenvalue weighted by Crippen LogP contribution is 2.23. The first-order valence-electron chi connectivity index (χ1n) is 9.01. The predicted molar refractivity (Wildman–Crippen MR) is 111 cm³/mol. The van der Waals surface area contributed by atoms with Gasteiger partial charge in [-0.15, -0.1) is 0 Å². The van der Waals surface area contributed by atoms with Crippen LogP contribution in [0.15, 0.2) is 97.1 Å². The molecule has 0 saturated heterocycles. The lowest BCUT2D eigenvalue weighted by Gasteiger charge is -2.09. The van der Waals surface area contributed by atoms with Crippen LogP contribution in [0, 0.1) is 0 Å². The average Bonchev–Trinajstić information content (AvgIpc) is 2.74. The van der Waals surface area contributed by atoms with E-state index in [1.54, 1.807) is 24.3 Å². The smallest absolute Gasteiger partial charge is 0.411 e. The molecule has 0 aliphatic heterocycles. The maximum atomic E-state index is 12.1. The van der Waals surface area contributed by atoms with E-state index < -0.39 is 6.09 Å². The van der Waals surface area contributed by atoms with Crippen LogP contribution >= 0.6 is 0 Å². The molecule has 4 aromatic carbocycles. The SMILES string of the molecule is O=C(Nc1ccc(Oc2ccccc2)cc1)OCc1ccc2ccccc2c1. The lowest BCUT2D eigenvalue weighted by atomic mass is 10.1. The summed E-state index contributed by atoms with van der Waals surface area (Å²) in [5.74, 6) is 1.46. The fourth-order valence-corrected chi connectivity index (χ4v) is 2.86. The predicted octanol–water partition coefficient (Wildman–Crippen LogP) is 6.38. The summed E-state index contributed by atoms with van der Waals surface area (Å²) in [6.45, 7) is 0.214. The summed E-state index contributed by atoms with van der Waals surface area (Å²) < 4.78 is 11.1. The largest absolute Gasteiger partial charge is 0.457 e. The van der Waals surface area contributed by atoms with E-state index in [-0.39, 0.29) is 6.61 Å². The van der Waals surface area contributed by atoms with E-state index >= 15 is 0 Å². The number of benzene rings is 4. The minimum atomic E-state index is -0.495. The zero-order chi connectivity index (χ0) is 19.2. The number of nitrogens with one attached hydrogen (secondary N) is 1. The van der Waals surface area contributed by atoms with Gasteiger partial charge in [0, 0.05) is 5.69 Å². The molecule has 0 aromatic heterocycles. The van der Waals surface area contributed by atoms with Crippen molar-refractivity contribution in [2.24, 2.45) is 0 Å². The Bertz CT molecular complexity index is 1080. The van der Waals surface area contributed by atoms with Crippen molar-refractivity contribution >= 4 is 22.6 Å².